The van der Waals surface area contributed by atoms with Gasteiger partial charge in [-0.15, -0.1) is 0 Å². The molecule has 0 saturated heterocycles. The molecule has 0 amide bonds. The Balaban J connectivity index is 1.79. The number of carbonyl (C=O) groups excluding carboxylic acids is 1. The summed E-state index contributed by atoms with van der Waals surface area (Å²) in [5.74, 6) is -0.365. The highest BCUT2D eigenvalue weighted by molar-refractivity contribution is 5.95. The molecule has 0 bridgehead atoms. The van der Waals surface area contributed by atoms with Gasteiger partial charge in [0.2, 0.25) is 0 Å². The van der Waals surface area contributed by atoms with Crippen molar-refractivity contribution in [3.8, 4) is 22.6 Å². The number of furan rings is 1. The van der Waals surface area contributed by atoms with Crippen LogP contribution in [0.25, 0.3) is 22.1 Å². The Morgan fingerprint density at radius 2 is 1.84 bits per heavy atom. The summed E-state index contributed by atoms with van der Waals surface area (Å²) >= 11 is 0. The van der Waals surface area contributed by atoms with E-state index in [0.29, 0.717) is 28.9 Å². The largest absolute Gasteiger partial charge is 0.497 e. The monoisotopic (exact) mass is 531 g/mol. The van der Waals surface area contributed by atoms with Crippen molar-refractivity contribution in [2.75, 3.05) is 13.7 Å². The molecule has 0 unspecified atom stereocenters. The number of benzene rings is 3. The van der Waals surface area contributed by atoms with E-state index in [0.717, 1.165) is 0 Å². The number of hydrogen-bond acceptors (Lipinski definition) is 6. The first-order chi connectivity index (χ1) is 18.2. The maximum atomic E-state index is 15.2. The van der Waals surface area contributed by atoms with Crippen molar-refractivity contribution in [2.45, 2.75) is 32.7 Å². The van der Waals surface area contributed by atoms with Gasteiger partial charge in [-0.25, -0.2) is 4.39 Å². The Morgan fingerprint density at radius 3 is 2.53 bits per heavy atom. The van der Waals surface area contributed by atoms with Crippen LogP contribution in [-0.4, -0.2) is 19.7 Å². The summed E-state index contributed by atoms with van der Waals surface area (Å²) in [5.41, 5.74) is 5.74. The number of alkyl halides is 3. The zero-order valence-corrected chi connectivity index (χ0v) is 20.7. The average molecular weight is 532 g/mol. The molecule has 0 aliphatic heterocycles. The topological polar surface area (TPSA) is 83.9 Å². The normalized spacial score (nSPS) is 11.6. The Kier molecular flexibility index (Phi) is 7.91. The van der Waals surface area contributed by atoms with Crippen LogP contribution < -0.4 is 15.2 Å². The highest BCUT2D eigenvalue weighted by atomic mass is 19.4. The van der Waals surface area contributed by atoms with E-state index in [2.05, 4.69) is 0 Å². The average Bonchev–Trinajstić information content (AvgIpc) is 3.33. The maximum absolute atomic E-state index is 15.2. The number of rotatable bonds is 9. The second-order valence-electron chi connectivity index (χ2n) is 8.39. The summed E-state index contributed by atoms with van der Waals surface area (Å²) in [6.07, 6.45) is -4.16. The van der Waals surface area contributed by atoms with E-state index in [1.54, 1.807) is 31.2 Å². The zero-order valence-electron chi connectivity index (χ0n) is 20.7. The smallest absolute Gasteiger partial charge is 0.420 e. The lowest BCUT2D eigenvalue weighted by Crippen LogP contribution is -2.09. The molecular weight excluding hydrogens is 506 g/mol. The third-order valence-corrected chi connectivity index (χ3v) is 5.94. The molecule has 6 nitrogen and oxygen atoms in total. The first-order valence-electron chi connectivity index (χ1n) is 11.7. The minimum Gasteiger partial charge on any atom is -0.497 e. The van der Waals surface area contributed by atoms with Gasteiger partial charge in [-0.2, -0.15) is 13.2 Å². The van der Waals surface area contributed by atoms with Crippen molar-refractivity contribution >= 4 is 16.9 Å². The molecule has 1 heterocycles. The minimum absolute atomic E-state index is 0.0484. The molecule has 0 radical (unpaired) electrons. The Bertz CT molecular complexity index is 1460. The molecule has 38 heavy (non-hydrogen) atoms. The van der Waals surface area contributed by atoms with Gasteiger partial charge in [0.1, 0.15) is 41.3 Å². The van der Waals surface area contributed by atoms with Crippen molar-refractivity contribution in [3.63, 3.8) is 0 Å². The molecule has 10 heteroatoms. The number of methoxy groups -OCH3 is 1. The molecule has 0 aliphatic rings. The van der Waals surface area contributed by atoms with Gasteiger partial charge in [0, 0.05) is 40.3 Å². The number of ether oxygens (including phenoxy) is 3. The minimum atomic E-state index is -4.70. The first-order valence-corrected chi connectivity index (χ1v) is 11.7. The van der Waals surface area contributed by atoms with E-state index in [1.807, 2.05) is 0 Å². The molecular formula is C28H25F4NO5. The van der Waals surface area contributed by atoms with Crippen LogP contribution in [0.4, 0.5) is 17.6 Å². The molecule has 0 saturated carbocycles. The lowest BCUT2D eigenvalue weighted by Gasteiger charge is -2.15. The third kappa shape index (κ3) is 5.60. The fourth-order valence-electron chi connectivity index (χ4n) is 4.12. The molecule has 4 aromatic rings. The van der Waals surface area contributed by atoms with Crippen LogP contribution in [-0.2, 0) is 35.3 Å². The van der Waals surface area contributed by atoms with Crippen molar-refractivity contribution in [1.82, 2.24) is 0 Å². The van der Waals surface area contributed by atoms with Crippen LogP contribution in [0.1, 0.15) is 29.2 Å². The molecule has 0 aliphatic carbocycles. The van der Waals surface area contributed by atoms with Crippen LogP contribution in [0, 0.1) is 5.82 Å². The maximum Gasteiger partial charge on any atom is 0.420 e. The fraction of sp³-hybridized carbons (Fsp3) is 0.250. The highest BCUT2D eigenvalue weighted by Crippen LogP contribution is 2.41. The zero-order chi connectivity index (χ0) is 27.4. The van der Waals surface area contributed by atoms with E-state index in [9.17, 15) is 18.0 Å². The standard InChI is InChI=1S/C28H25F4NO5/c1-3-36-25(34)11-17-7-8-19(35-2)12-24(17)37-14-16-9-21(20-6-4-5-18(13-33)26(20)29)27-22(10-16)23(15-38-27)28(30,31)32/h4-10,12,15H,3,11,13-14,33H2,1-2H3. The van der Waals surface area contributed by atoms with Gasteiger partial charge in [0.25, 0.3) is 0 Å². The number of fused-ring (bicyclic) bond motifs is 1. The van der Waals surface area contributed by atoms with Gasteiger partial charge in [-0.05, 0) is 30.7 Å². The second kappa shape index (κ2) is 11.1. The second-order valence-corrected chi connectivity index (χ2v) is 8.39. The fourth-order valence-corrected chi connectivity index (χ4v) is 4.12. The SMILES string of the molecule is CCOC(=O)Cc1ccc(OC)cc1OCc1cc(-c2cccc(CN)c2F)c2occ(C(F)(F)F)c2c1. The number of carbonyl (C=O) groups is 1. The van der Waals surface area contributed by atoms with Crippen LogP contribution >= 0.6 is 0 Å². The summed E-state index contributed by atoms with van der Waals surface area (Å²) in [6, 6.07) is 12.2. The van der Waals surface area contributed by atoms with Crippen LogP contribution in [0.2, 0.25) is 0 Å². The summed E-state index contributed by atoms with van der Waals surface area (Å²) in [4.78, 5) is 12.1. The van der Waals surface area contributed by atoms with Crippen molar-refractivity contribution in [2.24, 2.45) is 5.73 Å². The molecule has 2 N–H and O–H groups in total. The lowest BCUT2D eigenvalue weighted by molar-refractivity contribution is -0.142. The summed E-state index contributed by atoms with van der Waals surface area (Å²) in [6.45, 7) is 1.62. The van der Waals surface area contributed by atoms with Gasteiger partial charge in [0.15, 0.2) is 0 Å². The molecule has 3 aromatic carbocycles. The number of halogens is 4. The molecule has 0 spiro atoms. The van der Waals surface area contributed by atoms with Gasteiger partial charge < -0.3 is 24.4 Å². The predicted molar refractivity (Wildman–Crippen MR) is 132 cm³/mol. The van der Waals surface area contributed by atoms with Crippen molar-refractivity contribution < 1.29 is 41.0 Å². The number of esters is 1. The first kappa shape index (κ1) is 27.0. The summed E-state index contributed by atoms with van der Waals surface area (Å²) in [5, 5.41) is -0.233. The Labute approximate surface area is 215 Å². The predicted octanol–water partition coefficient (Wildman–Crippen LogP) is 6.41. The molecule has 4 rings (SSSR count). The number of hydrogen-bond donors (Lipinski definition) is 1. The van der Waals surface area contributed by atoms with Gasteiger partial charge in [-0.1, -0.05) is 24.3 Å². The molecule has 1 aromatic heterocycles. The molecule has 0 fully saturated rings. The van der Waals surface area contributed by atoms with Gasteiger partial charge >= 0.3 is 12.1 Å². The third-order valence-electron chi connectivity index (χ3n) is 5.94. The van der Waals surface area contributed by atoms with E-state index in [4.69, 9.17) is 24.4 Å². The Hall–Kier alpha value is -4.05. The Morgan fingerprint density at radius 1 is 1.05 bits per heavy atom. The van der Waals surface area contributed by atoms with Crippen molar-refractivity contribution in [3.05, 3.63) is 82.9 Å². The summed E-state index contributed by atoms with van der Waals surface area (Å²) < 4.78 is 77.9. The van der Waals surface area contributed by atoms with Crippen LogP contribution in [0.5, 0.6) is 11.5 Å². The quantitative estimate of drug-likeness (QED) is 0.199. The van der Waals surface area contributed by atoms with Gasteiger partial charge in [0.05, 0.1) is 20.1 Å². The molecule has 0 atom stereocenters. The van der Waals surface area contributed by atoms with E-state index in [-0.39, 0.29) is 53.8 Å². The lowest BCUT2D eigenvalue weighted by atomic mass is 9.97. The van der Waals surface area contributed by atoms with Gasteiger partial charge in [-0.3, -0.25) is 4.79 Å². The highest BCUT2D eigenvalue weighted by Gasteiger charge is 2.35. The van der Waals surface area contributed by atoms with Crippen LogP contribution in [0.3, 0.4) is 0 Å². The number of nitrogens with two attached hydrogens (primary N) is 1. The van der Waals surface area contributed by atoms with Crippen molar-refractivity contribution in [1.29, 1.82) is 0 Å². The van der Waals surface area contributed by atoms with E-state index < -0.39 is 23.5 Å². The molecule has 200 valence electrons. The summed E-state index contributed by atoms with van der Waals surface area (Å²) in [7, 11) is 1.46. The van der Waals surface area contributed by atoms with E-state index >= 15 is 4.39 Å². The van der Waals surface area contributed by atoms with Crippen LogP contribution in [0.15, 0.2) is 59.2 Å². The van der Waals surface area contributed by atoms with E-state index in [1.165, 1.54) is 31.4 Å².